The van der Waals surface area contributed by atoms with Gasteiger partial charge in [0.1, 0.15) is 12.7 Å². The molecule has 1 aliphatic heterocycles. The summed E-state index contributed by atoms with van der Waals surface area (Å²) < 4.78 is 1.71. The van der Waals surface area contributed by atoms with Crippen molar-refractivity contribution in [3.05, 3.63) is 48.5 Å². The van der Waals surface area contributed by atoms with Crippen molar-refractivity contribution in [3.8, 4) is 0 Å². The molecule has 122 valence electrons. The predicted octanol–water partition coefficient (Wildman–Crippen LogP) is 1.04. The van der Waals surface area contributed by atoms with Crippen LogP contribution < -0.4 is 5.32 Å². The first-order valence-corrected chi connectivity index (χ1v) is 7.80. The average molecular weight is 315 g/mol. The SMILES string of the molecule is O=C(NC(Cn1cncn1)c1ccccc1)N1CCC(CO)C1. The zero-order valence-corrected chi connectivity index (χ0v) is 12.9. The molecule has 0 aliphatic carbocycles. The van der Waals surface area contributed by atoms with Crippen LogP contribution in [0.3, 0.4) is 0 Å². The van der Waals surface area contributed by atoms with Crippen molar-refractivity contribution in [1.29, 1.82) is 0 Å². The first kappa shape index (κ1) is 15.5. The second-order valence-corrected chi connectivity index (χ2v) is 5.81. The maximum Gasteiger partial charge on any atom is 0.317 e. The lowest BCUT2D eigenvalue weighted by atomic mass is 10.1. The minimum absolute atomic E-state index is 0.102. The molecule has 7 nitrogen and oxygen atoms in total. The van der Waals surface area contributed by atoms with Crippen molar-refractivity contribution in [2.24, 2.45) is 5.92 Å². The summed E-state index contributed by atoms with van der Waals surface area (Å²) in [7, 11) is 0. The molecule has 1 aliphatic rings. The number of amides is 2. The van der Waals surface area contributed by atoms with E-state index in [1.807, 2.05) is 30.3 Å². The summed E-state index contributed by atoms with van der Waals surface area (Å²) in [5, 5.41) is 16.4. The van der Waals surface area contributed by atoms with Crippen LogP contribution in [-0.4, -0.2) is 50.5 Å². The average Bonchev–Trinajstić information content (AvgIpc) is 3.26. The van der Waals surface area contributed by atoms with E-state index in [0.29, 0.717) is 19.6 Å². The van der Waals surface area contributed by atoms with Gasteiger partial charge in [0.05, 0.1) is 12.6 Å². The van der Waals surface area contributed by atoms with Gasteiger partial charge in [-0.15, -0.1) is 0 Å². The third-order valence-corrected chi connectivity index (χ3v) is 4.17. The minimum atomic E-state index is -0.182. The summed E-state index contributed by atoms with van der Waals surface area (Å²) in [6, 6.07) is 9.55. The van der Waals surface area contributed by atoms with Gasteiger partial charge in [-0.25, -0.2) is 9.78 Å². The van der Waals surface area contributed by atoms with Crippen molar-refractivity contribution in [1.82, 2.24) is 25.0 Å². The second kappa shape index (κ2) is 7.23. The number of carbonyl (C=O) groups is 1. The number of carbonyl (C=O) groups excluding carboxylic acids is 1. The number of benzene rings is 1. The zero-order valence-electron chi connectivity index (χ0n) is 12.9. The molecule has 1 fully saturated rings. The lowest BCUT2D eigenvalue weighted by Crippen LogP contribution is -2.41. The fraction of sp³-hybridized carbons (Fsp3) is 0.438. The summed E-state index contributed by atoms with van der Waals surface area (Å²) in [6.07, 6.45) is 3.97. The molecule has 1 aromatic carbocycles. The molecule has 2 unspecified atom stereocenters. The summed E-state index contributed by atoms with van der Waals surface area (Å²) in [5.74, 6) is 0.186. The first-order chi connectivity index (χ1) is 11.3. The molecule has 2 heterocycles. The maximum atomic E-state index is 12.5. The molecule has 23 heavy (non-hydrogen) atoms. The second-order valence-electron chi connectivity index (χ2n) is 5.81. The molecular formula is C16H21N5O2. The number of aliphatic hydroxyl groups is 1. The molecule has 7 heteroatoms. The highest BCUT2D eigenvalue weighted by atomic mass is 16.3. The molecule has 1 saturated heterocycles. The van der Waals surface area contributed by atoms with E-state index in [1.165, 1.54) is 6.33 Å². The van der Waals surface area contributed by atoms with E-state index in [9.17, 15) is 9.90 Å². The number of urea groups is 1. The largest absolute Gasteiger partial charge is 0.396 e. The molecule has 1 aromatic heterocycles. The van der Waals surface area contributed by atoms with Crippen LogP contribution >= 0.6 is 0 Å². The normalized spacial score (nSPS) is 18.8. The molecule has 0 spiro atoms. The Morgan fingerprint density at radius 2 is 2.22 bits per heavy atom. The van der Waals surface area contributed by atoms with Gasteiger partial charge in [-0.2, -0.15) is 5.10 Å². The number of aliphatic hydroxyl groups excluding tert-OH is 1. The van der Waals surface area contributed by atoms with Gasteiger partial charge in [0, 0.05) is 25.6 Å². The van der Waals surface area contributed by atoms with Crippen LogP contribution in [0.4, 0.5) is 4.79 Å². The summed E-state index contributed by atoms with van der Waals surface area (Å²) in [4.78, 5) is 18.2. The topological polar surface area (TPSA) is 83.3 Å². The van der Waals surface area contributed by atoms with E-state index in [2.05, 4.69) is 15.4 Å². The van der Waals surface area contributed by atoms with Gasteiger partial charge in [0.2, 0.25) is 0 Å². The summed E-state index contributed by atoms with van der Waals surface area (Å²) >= 11 is 0. The molecule has 2 N–H and O–H groups in total. The Labute approximate surface area is 134 Å². The molecule has 0 bridgehead atoms. The van der Waals surface area contributed by atoms with Gasteiger partial charge in [-0.05, 0) is 12.0 Å². The summed E-state index contributed by atoms with van der Waals surface area (Å²) in [5.41, 5.74) is 1.02. The van der Waals surface area contributed by atoms with Gasteiger partial charge >= 0.3 is 6.03 Å². The molecule has 2 amide bonds. The summed E-state index contributed by atoms with van der Waals surface area (Å²) in [6.45, 7) is 1.94. The molecule has 3 rings (SSSR count). The van der Waals surface area contributed by atoms with Crippen LogP contribution in [0.2, 0.25) is 0 Å². The van der Waals surface area contributed by atoms with Gasteiger partial charge in [-0.3, -0.25) is 4.68 Å². The quantitative estimate of drug-likeness (QED) is 0.864. The Hall–Kier alpha value is -2.41. The van der Waals surface area contributed by atoms with Crippen LogP contribution in [0.5, 0.6) is 0 Å². The predicted molar refractivity (Wildman–Crippen MR) is 84.5 cm³/mol. The van der Waals surface area contributed by atoms with Gasteiger partial charge in [0.15, 0.2) is 0 Å². The van der Waals surface area contributed by atoms with Gasteiger partial charge in [-0.1, -0.05) is 30.3 Å². The molecule has 2 aromatic rings. The van der Waals surface area contributed by atoms with E-state index >= 15 is 0 Å². The highest BCUT2D eigenvalue weighted by Crippen LogP contribution is 2.18. The Morgan fingerprint density at radius 3 is 2.87 bits per heavy atom. The van der Waals surface area contributed by atoms with E-state index in [4.69, 9.17) is 0 Å². The number of aromatic nitrogens is 3. The number of hydrogen-bond acceptors (Lipinski definition) is 4. The third-order valence-electron chi connectivity index (χ3n) is 4.17. The highest BCUT2D eigenvalue weighted by Gasteiger charge is 2.27. The Bertz CT molecular complexity index is 617. The van der Waals surface area contributed by atoms with Crippen molar-refractivity contribution in [2.45, 2.75) is 19.0 Å². The van der Waals surface area contributed by atoms with E-state index in [0.717, 1.165) is 12.0 Å². The van der Waals surface area contributed by atoms with Crippen LogP contribution in [-0.2, 0) is 6.54 Å². The van der Waals surface area contributed by atoms with Crippen molar-refractivity contribution in [3.63, 3.8) is 0 Å². The fourth-order valence-corrected chi connectivity index (χ4v) is 2.84. The molecular weight excluding hydrogens is 294 g/mol. The maximum absolute atomic E-state index is 12.5. The Balaban J connectivity index is 1.69. The minimum Gasteiger partial charge on any atom is -0.396 e. The Morgan fingerprint density at radius 1 is 1.39 bits per heavy atom. The van der Waals surface area contributed by atoms with Crippen LogP contribution in [0.1, 0.15) is 18.0 Å². The monoisotopic (exact) mass is 315 g/mol. The van der Waals surface area contributed by atoms with Gasteiger partial charge < -0.3 is 15.3 Å². The number of hydrogen-bond donors (Lipinski definition) is 2. The van der Waals surface area contributed by atoms with Gasteiger partial charge in [0.25, 0.3) is 0 Å². The lowest BCUT2D eigenvalue weighted by molar-refractivity contribution is 0.193. The number of likely N-dealkylation sites (tertiary alicyclic amines) is 1. The van der Waals surface area contributed by atoms with Crippen LogP contribution in [0.15, 0.2) is 43.0 Å². The standard InChI is InChI=1S/C16H21N5O2/c22-10-13-6-7-20(8-13)16(23)19-15(9-21-12-17-11-18-21)14-4-2-1-3-5-14/h1-5,11-13,15,22H,6-10H2,(H,19,23). The fourth-order valence-electron chi connectivity index (χ4n) is 2.84. The number of nitrogens with zero attached hydrogens (tertiary/aromatic N) is 4. The highest BCUT2D eigenvalue weighted by molar-refractivity contribution is 5.75. The smallest absolute Gasteiger partial charge is 0.317 e. The van der Waals surface area contributed by atoms with Crippen molar-refractivity contribution >= 4 is 6.03 Å². The van der Waals surface area contributed by atoms with E-state index < -0.39 is 0 Å². The molecule has 2 atom stereocenters. The van der Waals surface area contributed by atoms with E-state index in [1.54, 1.807) is 15.9 Å². The lowest BCUT2D eigenvalue weighted by Gasteiger charge is -2.23. The Kier molecular flexibility index (Phi) is 4.87. The van der Waals surface area contributed by atoms with E-state index in [-0.39, 0.29) is 24.6 Å². The number of rotatable bonds is 5. The molecule has 0 saturated carbocycles. The van der Waals surface area contributed by atoms with Crippen LogP contribution in [0.25, 0.3) is 0 Å². The third kappa shape index (κ3) is 3.87. The molecule has 0 radical (unpaired) electrons. The van der Waals surface area contributed by atoms with Crippen molar-refractivity contribution < 1.29 is 9.90 Å². The first-order valence-electron chi connectivity index (χ1n) is 7.80. The van der Waals surface area contributed by atoms with Crippen LogP contribution in [0, 0.1) is 5.92 Å². The number of nitrogens with one attached hydrogen (secondary N) is 1. The van der Waals surface area contributed by atoms with Crippen molar-refractivity contribution in [2.75, 3.05) is 19.7 Å². The zero-order chi connectivity index (χ0) is 16.1.